The number of anilines is 1. The first-order valence-corrected chi connectivity index (χ1v) is 8.00. The number of hydrogen-bond donors (Lipinski definition) is 4. The molecule has 0 aliphatic carbocycles. The molecule has 0 saturated carbocycles. The average Bonchev–Trinajstić information content (AvgIpc) is 2.85. The molecule has 1 fully saturated rings. The Hall–Kier alpha value is -2.70. The molecule has 0 bridgehead atoms. The molecular weight excluding hydrogens is 362 g/mol. The Kier molecular flexibility index (Phi) is 6.03. The predicted molar refractivity (Wildman–Crippen MR) is 90.7 cm³/mol. The zero-order valence-electron chi connectivity index (χ0n) is 14.7. The number of nitrogens with zero attached hydrogens (tertiary/aromatic N) is 5. The number of rotatable bonds is 6. The van der Waals surface area contributed by atoms with E-state index in [1.807, 2.05) is 0 Å². The molecule has 0 aromatic carbocycles. The largest absolute Gasteiger partial charge is 0.461 e. The van der Waals surface area contributed by atoms with Crippen LogP contribution in [0.2, 0.25) is 0 Å². The second kappa shape index (κ2) is 7.90. The van der Waals surface area contributed by atoms with Gasteiger partial charge in [-0.1, -0.05) is 19.0 Å². The minimum atomic E-state index is -2.16. The molecule has 148 valence electrons. The number of hydrogen-bond acceptors (Lipinski definition) is 10. The zero-order valence-corrected chi connectivity index (χ0v) is 14.7. The van der Waals surface area contributed by atoms with Crippen molar-refractivity contribution in [1.29, 1.82) is 0 Å². The van der Waals surface area contributed by atoms with Crippen LogP contribution in [0.25, 0.3) is 10.4 Å². The number of aliphatic hydroxyl groups excluding tert-OH is 2. The number of aliphatic hydroxyl groups is 2. The predicted octanol–water partition coefficient (Wildman–Crippen LogP) is -1.39. The molecule has 2 heterocycles. The summed E-state index contributed by atoms with van der Waals surface area (Å²) in [6.07, 6.45) is -3.75. The van der Waals surface area contributed by atoms with E-state index in [1.54, 1.807) is 13.8 Å². The van der Waals surface area contributed by atoms with Crippen molar-refractivity contribution in [2.45, 2.75) is 44.1 Å². The second-order valence-corrected chi connectivity index (χ2v) is 6.40. The summed E-state index contributed by atoms with van der Waals surface area (Å²) in [7, 11) is 0. The third-order valence-corrected chi connectivity index (χ3v) is 4.15. The molecule has 1 aromatic rings. The third-order valence-electron chi connectivity index (χ3n) is 4.15. The fraction of sp³-hybridized carbons (Fsp3) is 0.643. The van der Waals surface area contributed by atoms with Gasteiger partial charge < -0.3 is 31.2 Å². The highest BCUT2D eigenvalue weighted by atomic mass is 16.6. The van der Waals surface area contributed by atoms with Gasteiger partial charge >= 0.3 is 11.7 Å². The Morgan fingerprint density at radius 1 is 1.59 bits per heavy atom. The first kappa shape index (κ1) is 20.6. The third kappa shape index (κ3) is 4.02. The molecule has 1 aliphatic rings. The van der Waals surface area contributed by atoms with Crippen molar-refractivity contribution in [3.05, 3.63) is 33.2 Å². The van der Waals surface area contributed by atoms with Crippen LogP contribution in [0.1, 0.15) is 20.1 Å². The summed E-state index contributed by atoms with van der Waals surface area (Å²) in [4.78, 5) is 30.0. The summed E-state index contributed by atoms with van der Waals surface area (Å²) in [5.41, 5.74) is 16.9. The average molecular weight is 383 g/mol. The van der Waals surface area contributed by atoms with Crippen molar-refractivity contribution in [3.8, 4) is 0 Å². The van der Waals surface area contributed by atoms with E-state index in [-0.39, 0.29) is 11.7 Å². The summed E-state index contributed by atoms with van der Waals surface area (Å²) < 4.78 is 11.3. The number of carbonyl (C=O) groups excluding carboxylic acids is 1. The fourth-order valence-corrected chi connectivity index (χ4v) is 2.46. The molecule has 1 saturated heterocycles. The minimum absolute atomic E-state index is 0.0535. The molecular formula is C14H21N7O6. The lowest BCUT2D eigenvalue weighted by Crippen LogP contribution is -2.47. The van der Waals surface area contributed by atoms with E-state index in [0.29, 0.717) is 0 Å². The maximum absolute atomic E-state index is 12.0. The normalized spacial score (nSPS) is 28.6. The number of nitrogens with two attached hydrogens (primary N) is 2. The smallest absolute Gasteiger partial charge is 0.351 e. The van der Waals surface area contributed by atoms with Gasteiger partial charge in [0.25, 0.3) is 0 Å². The maximum Gasteiger partial charge on any atom is 0.351 e. The van der Waals surface area contributed by atoms with E-state index in [2.05, 4.69) is 15.0 Å². The summed E-state index contributed by atoms with van der Waals surface area (Å²) in [5, 5.41) is 24.0. The van der Waals surface area contributed by atoms with E-state index in [0.717, 1.165) is 4.57 Å². The SMILES string of the molecule is CC(C)C(N)C(=O)OC[C@@]1(N=[N+]=[N-])O[C@@H](n2ccc(N)nc2=O)[C@H](O)[C@@H]1O. The Labute approximate surface area is 153 Å². The molecule has 13 nitrogen and oxygen atoms in total. The van der Waals surface area contributed by atoms with Gasteiger partial charge in [-0.05, 0) is 17.5 Å². The molecule has 0 spiro atoms. The van der Waals surface area contributed by atoms with E-state index in [1.165, 1.54) is 12.3 Å². The molecule has 1 unspecified atom stereocenters. The lowest BCUT2D eigenvalue weighted by Gasteiger charge is -2.27. The highest BCUT2D eigenvalue weighted by Gasteiger charge is 2.56. The Balaban J connectivity index is 2.30. The number of ether oxygens (including phenoxy) is 2. The first-order valence-electron chi connectivity index (χ1n) is 8.00. The van der Waals surface area contributed by atoms with Gasteiger partial charge in [-0.15, -0.1) is 0 Å². The van der Waals surface area contributed by atoms with E-state index in [9.17, 15) is 19.8 Å². The quantitative estimate of drug-likeness (QED) is 0.197. The number of carbonyl (C=O) groups is 1. The minimum Gasteiger partial charge on any atom is -0.461 e. The fourth-order valence-electron chi connectivity index (χ4n) is 2.46. The van der Waals surface area contributed by atoms with E-state index < -0.39 is 48.5 Å². The molecule has 27 heavy (non-hydrogen) atoms. The van der Waals surface area contributed by atoms with Crippen molar-refractivity contribution >= 4 is 11.8 Å². The molecule has 1 aromatic heterocycles. The Bertz CT molecular complexity index is 807. The monoisotopic (exact) mass is 383 g/mol. The van der Waals surface area contributed by atoms with Crippen LogP contribution >= 0.6 is 0 Å². The van der Waals surface area contributed by atoms with Crippen LogP contribution in [-0.4, -0.2) is 56.3 Å². The Morgan fingerprint density at radius 3 is 2.81 bits per heavy atom. The molecule has 2 rings (SSSR count). The van der Waals surface area contributed by atoms with Crippen LogP contribution in [0.5, 0.6) is 0 Å². The van der Waals surface area contributed by atoms with E-state index >= 15 is 0 Å². The highest BCUT2D eigenvalue weighted by molar-refractivity contribution is 5.75. The van der Waals surface area contributed by atoms with Crippen LogP contribution < -0.4 is 17.2 Å². The summed E-state index contributed by atoms with van der Waals surface area (Å²) in [6, 6.07) is 0.329. The van der Waals surface area contributed by atoms with Crippen molar-refractivity contribution in [2.75, 3.05) is 12.3 Å². The van der Waals surface area contributed by atoms with Crippen LogP contribution in [0, 0.1) is 5.92 Å². The summed E-state index contributed by atoms with van der Waals surface area (Å²) in [5.74, 6) is -1.08. The second-order valence-electron chi connectivity index (χ2n) is 6.40. The van der Waals surface area contributed by atoms with Crippen LogP contribution in [0.15, 0.2) is 22.2 Å². The number of esters is 1. The summed E-state index contributed by atoms with van der Waals surface area (Å²) >= 11 is 0. The van der Waals surface area contributed by atoms with Gasteiger partial charge in [-0.2, -0.15) is 4.98 Å². The van der Waals surface area contributed by atoms with Crippen molar-refractivity contribution in [3.63, 3.8) is 0 Å². The standard InChI is InChI=1S/C14H21N7O6/c1-6(2)8(16)12(24)26-5-14(19-20-17)10(23)9(22)11(27-14)21-4-3-7(15)18-13(21)25/h3-4,6,8-11,22-23H,5,16H2,1-2H3,(H2,15,18,25)/t8?,9-,10+,11-,14-/m1/s1. The van der Waals surface area contributed by atoms with Gasteiger partial charge in [0, 0.05) is 11.1 Å². The van der Waals surface area contributed by atoms with Crippen LogP contribution in [0.4, 0.5) is 5.82 Å². The van der Waals surface area contributed by atoms with Crippen LogP contribution in [0.3, 0.4) is 0 Å². The van der Waals surface area contributed by atoms with Crippen molar-refractivity contribution < 1.29 is 24.5 Å². The highest BCUT2D eigenvalue weighted by Crippen LogP contribution is 2.38. The lowest BCUT2D eigenvalue weighted by molar-refractivity contribution is -0.167. The molecule has 5 atom stereocenters. The van der Waals surface area contributed by atoms with Crippen molar-refractivity contribution in [2.24, 2.45) is 16.8 Å². The summed E-state index contributed by atoms with van der Waals surface area (Å²) in [6.45, 7) is 2.69. The molecule has 6 N–H and O–H groups in total. The molecule has 1 aliphatic heterocycles. The molecule has 0 radical (unpaired) electrons. The van der Waals surface area contributed by atoms with Crippen LogP contribution in [-0.2, 0) is 14.3 Å². The maximum atomic E-state index is 12.0. The Morgan fingerprint density at radius 2 is 2.26 bits per heavy atom. The number of nitrogen functional groups attached to an aromatic ring is 1. The van der Waals surface area contributed by atoms with Crippen molar-refractivity contribution in [1.82, 2.24) is 9.55 Å². The van der Waals surface area contributed by atoms with Gasteiger partial charge in [-0.3, -0.25) is 9.36 Å². The van der Waals surface area contributed by atoms with E-state index in [4.69, 9.17) is 26.5 Å². The van der Waals surface area contributed by atoms with Gasteiger partial charge in [0.15, 0.2) is 6.23 Å². The zero-order chi connectivity index (χ0) is 20.4. The van der Waals surface area contributed by atoms with Gasteiger partial charge in [0.05, 0.1) is 0 Å². The molecule has 0 amide bonds. The number of azide groups is 1. The molecule has 13 heteroatoms. The topological polar surface area (TPSA) is 212 Å². The first-order chi connectivity index (χ1) is 12.6. The van der Waals surface area contributed by atoms with Gasteiger partial charge in [0.2, 0.25) is 5.72 Å². The van der Waals surface area contributed by atoms with Gasteiger partial charge in [0.1, 0.15) is 30.7 Å². The van der Waals surface area contributed by atoms with Gasteiger partial charge in [-0.25, -0.2) is 4.79 Å². The lowest BCUT2D eigenvalue weighted by atomic mass is 10.0. The number of aromatic nitrogens is 2.